The van der Waals surface area contributed by atoms with Crippen LogP contribution in [-0.4, -0.2) is 10.1 Å². The third-order valence-electron chi connectivity index (χ3n) is 2.37. The molecule has 4 nitrogen and oxygen atoms in total. The summed E-state index contributed by atoms with van der Waals surface area (Å²) in [5.41, 5.74) is 1.19. The number of nitriles is 1. The normalized spacial score (nSPS) is 9.78. The van der Waals surface area contributed by atoms with Crippen LogP contribution in [0.3, 0.4) is 0 Å². The smallest absolute Gasteiger partial charge is 0.132 e. The molecule has 0 radical (unpaired) electrons. The van der Waals surface area contributed by atoms with Crippen LogP contribution in [0.5, 0.6) is 5.75 Å². The first-order chi connectivity index (χ1) is 8.69. The van der Waals surface area contributed by atoms with Gasteiger partial charge in [0.25, 0.3) is 0 Å². The van der Waals surface area contributed by atoms with E-state index in [9.17, 15) is 5.11 Å². The molecule has 0 aliphatic heterocycles. The number of hydrogen-bond acceptors (Lipinski definition) is 4. The van der Waals surface area contributed by atoms with Crippen LogP contribution < -0.4 is 5.32 Å². The van der Waals surface area contributed by atoms with Gasteiger partial charge in [0.15, 0.2) is 0 Å². The van der Waals surface area contributed by atoms with Gasteiger partial charge in [-0.3, -0.25) is 0 Å². The Morgan fingerprint density at radius 3 is 2.83 bits per heavy atom. The van der Waals surface area contributed by atoms with Crippen LogP contribution in [0, 0.1) is 11.3 Å². The third-order valence-corrected chi connectivity index (χ3v) is 2.57. The van der Waals surface area contributed by atoms with Crippen molar-refractivity contribution in [2.75, 3.05) is 5.32 Å². The van der Waals surface area contributed by atoms with E-state index in [2.05, 4.69) is 10.3 Å². The van der Waals surface area contributed by atoms with E-state index in [1.165, 1.54) is 6.07 Å². The maximum absolute atomic E-state index is 9.61. The maximum Gasteiger partial charge on any atom is 0.132 e. The van der Waals surface area contributed by atoms with Crippen molar-refractivity contribution in [2.45, 2.75) is 6.54 Å². The van der Waals surface area contributed by atoms with Crippen molar-refractivity contribution in [1.29, 1.82) is 5.26 Å². The zero-order chi connectivity index (χ0) is 13.0. The van der Waals surface area contributed by atoms with Gasteiger partial charge in [0.05, 0.1) is 11.6 Å². The number of aromatic hydroxyl groups is 1. The molecule has 0 saturated carbocycles. The van der Waals surface area contributed by atoms with E-state index < -0.39 is 0 Å². The van der Waals surface area contributed by atoms with Crippen LogP contribution in [0.1, 0.15) is 11.1 Å². The van der Waals surface area contributed by atoms with Crippen molar-refractivity contribution in [2.24, 2.45) is 0 Å². The van der Waals surface area contributed by atoms with Crippen molar-refractivity contribution < 1.29 is 5.11 Å². The lowest BCUT2D eigenvalue weighted by atomic mass is 10.2. The summed E-state index contributed by atoms with van der Waals surface area (Å²) in [5, 5.41) is 21.7. The fourth-order valence-corrected chi connectivity index (χ4v) is 1.71. The van der Waals surface area contributed by atoms with Crippen molar-refractivity contribution in [1.82, 2.24) is 4.98 Å². The monoisotopic (exact) mass is 259 g/mol. The van der Waals surface area contributed by atoms with Gasteiger partial charge in [0, 0.05) is 12.1 Å². The van der Waals surface area contributed by atoms with Gasteiger partial charge in [-0.25, -0.2) is 4.98 Å². The summed E-state index contributed by atoms with van der Waals surface area (Å²) >= 11 is 5.79. The molecule has 18 heavy (non-hydrogen) atoms. The second-order valence-electron chi connectivity index (χ2n) is 3.66. The third kappa shape index (κ3) is 2.90. The van der Waals surface area contributed by atoms with Gasteiger partial charge in [0.2, 0.25) is 0 Å². The fourth-order valence-electron chi connectivity index (χ4n) is 1.50. The average molecular weight is 260 g/mol. The summed E-state index contributed by atoms with van der Waals surface area (Å²) in [6.07, 6.45) is 0. The van der Waals surface area contributed by atoms with Crippen LogP contribution in [0.2, 0.25) is 5.15 Å². The summed E-state index contributed by atoms with van der Waals surface area (Å²) in [5.74, 6) is 0.717. The second kappa shape index (κ2) is 5.39. The number of aromatic nitrogens is 1. The minimum absolute atomic E-state index is 0.215. The number of para-hydroxylation sites is 1. The fraction of sp³-hybridized carbons (Fsp3) is 0.0769. The number of pyridine rings is 1. The largest absolute Gasteiger partial charge is 0.508 e. The van der Waals surface area contributed by atoms with E-state index >= 15 is 0 Å². The predicted octanol–water partition coefficient (Wildman–Crippen LogP) is 2.92. The number of phenolic OH excluding ortho intramolecular Hbond substituents is 1. The van der Waals surface area contributed by atoms with E-state index in [0.29, 0.717) is 17.9 Å². The first-order valence-electron chi connectivity index (χ1n) is 5.27. The SMILES string of the molecule is N#Cc1cc(Cl)nc(NCc2ccccc2O)c1. The van der Waals surface area contributed by atoms with E-state index in [-0.39, 0.29) is 10.9 Å². The molecule has 0 atom stereocenters. The summed E-state index contributed by atoms with van der Waals surface area (Å²) in [6.45, 7) is 0.408. The lowest BCUT2D eigenvalue weighted by molar-refractivity contribution is 0.469. The summed E-state index contributed by atoms with van der Waals surface area (Å²) in [4.78, 5) is 4.05. The number of nitrogens with zero attached hydrogens (tertiary/aromatic N) is 2. The van der Waals surface area contributed by atoms with Crippen LogP contribution in [0.25, 0.3) is 0 Å². The molecular weight excluding hydrogens is 250 g/mol. The molecular formula is C13H10ClN3O. The van der Waals surface area contributed by atoms with Gasteiger partial charge in [0.1, 0.15) is 16.7 Å². The van der Waals surface area contributed by atoms with Gasteiger partial charge < -0.3 is 10.4 Å². The van der Waals surface area contributed by atoms with E-state index in [1.54, 1.807) is 24.3 Å². The zero-order valence-corrected chi connectivity index (χ0v) is 10.1. The Balaban J connectivity index is 2.14. The number of hydrogen-bond donors (Lipinski definition) is 2. The maximum atomic E-state index is 9.61. The highest BCUT2D eigenvalue weighted by atomic mass is 35.5. The Morgan fingerprint density at radius 2 is 2.11 bits per heavy atom. The number of halogens is 1. The van der Waals surface area contributed by atoms with Gasteiger partial charge in [-0.1, -0.05) is 29.8 Å². The van der Waals surface area contributed by atoms with Gasteiger partial charge >= 0.3 is 0 Å². The van der Waals surface area contributed by atoms with Crippen molar-refractivity contribution in [3.63, 3.8) is 0 Å². The van der Waals surface area contributed by atoms with Gasteiger partial charge in [-0.2, -0.15) is 5.26 Å². The molecule has 0 amide bonds. The zero-order valence-electron chi connectivity index (χ0n) is 9.39. The Bertz CT molecular complexity index is 607. The molecule has 2 aromatic rings. The van der Waals surface area contributed by atoms with Crippen LogP contribution in [-0.2, 0) is 6.54 Å². The molecule has 0 saturated heterocycles. The minimum atomic E-state index is 0.215. The lowest BCUT2D eigenvalue weighted by Crippen LogP contribution is -2.02. The molecule has 90 valence electrons. The number of rotatable bonds is 3. The molecule has 0 spiro atoms. The quantitative estimate of drug-likeness (QED) is 0.832. The topological polar surface area (TPSA) is 68.9 Å². The first-order valence-corrected chi connectivity index (χ1v) is 5.65. The molecule has 1 heterocycles. The number of benzene rings is 1. The molecule has 2 N–H and O–H groups in total. The summed E-state index contributed by atoms with van der Waals surface area (Å²) < 4.78 is 0. The minimum Gasteiger partial charge on any atom is -0.508 e. The number of nitrogens with one attached hydrogen (secondary N) is 1. The molecule has 2 rings (SSSR count). The predicted molar refractivity (Wildman–Crippen MR) is 69.4 cm³/mol. The molecule has 1 aromatic carbocycles. The van der Waals surface area contributed by atoms with E-state index in [0.717, 1.165) is 5.56 Å². The van der Waals surface area contributed by atoms with E-state index in [4.69, 9.17) is 16.9 Å². The van der Waals surface area contributed by atoms with E-state index in [1.807, 2.05) is 12.1 Å². The molecule has 0 aliphatic rings. The van der Waals surface area contributed by atoms with Crippen LogP contribution >= 0.6 is 11.6 Å². The van der Waals surface area contributed by atoms with Crippen molar-refractivity contribution >= 4 is 17.4 Å². The summed E-state index contributed by atoms with van der Waals surface area (Å²) in [7, 11) is 0. The molecule has 0 aliphatic carbocycles. The Morgan fingerprint density at radius 1 is 1.33 bits per heavy atom. The number of anilines is 1. The highest BCUT2D eigenvalue weighted by Gasteiger charge is 2.03. The molecule has 0 fully saturated rings. The average Bonchev–Trinajstić information content (AvgIpc) is 2.37. The highest BCUT2D eigenvalue weighted by Crippen LogP contribution is 2.18. The molecule has 1 aromatic heterocycles. The Kier molecular flexibility index (Phi) is 3.66. The van der Waals surface area contributed by atoms with Gasteiger partial charge in [-0.05, 0) is 18.2 Å². The van der Waals surface area contributed by atoms with Crippen molar-refractivity contribution in [3.05, 3.63) is 52.7 Å². The summed E-state index contributed by atoms with van der Waals surface area (Å²) in [6, 6.07) is 12.1. The molecule has 0 bridgehead atoms. The molecule has 5 heteroatoms. The Hall–Kier alpha value is -2.25. The molecule has 0 unspecified atom stereocenters. The van der Waals surface area contributed by atoms with Gasteiger partial charge in [-0.15, -0.1) is 0 Å². The standard InChI is InChI=1S/C13H10ClN3O/c14-12-5-9(7-15)6-13(17-12)16-8-10-3-1-2-4-11(10)18/h1-6,18H,8H2,(H,16,17). The lowest BCUT2D eigenvalue weighted by Gasteiger charge is -2.07. The van der Waals surface area contributed by atoms with Crippen molar-refractivity contribution in [3.8, 4) is 11.8 Å². The Labute approximate surface area is 109 Å². The first kappa shape index (κ1) is 12.2. The number of phenols is 1. The van der Waals surface area contributed by atoms with Crippen LogP contribution in [0.4, 0.5) is 5.82 Å². The second-order valence-corrected chi connectivity index (χ2v) is 4.05. The highest BCUT2D eigenvalue weighted by molar-refractivity contribution is 6.29. The van der Waals surface area contributed by atoms with Crippen LogP contribution in [0.15, 0.2) is 36.4 Å².